The normalized spacial score (nSPS) is 22.1. The molecule has 2 rings (SSSR count). The van der Waals surface area contributed by atoms with Crippen LogP contribution in [0, 0.1) is 5.92 Å². The number of thioether (sulfide) groups is 1. The van der Waals surface area contributed by atoms with Gasteiger partial charge in [-0.3, -0.25) is 10.2 Å². The monoisotopic (exact) mass is 296 g/mol. The molecule has 0 aromatic carbocycles. The summed E-state index contributed by atoms with van der Waals surface area (Å²) < 4.78 is 0. The Balaban J connectivity index is 2.17. The molecule has 1 saturated heterocycles. The van der Waals surface area contributed by atoms with E-state index in [0.717, 1.165) is 0 Å². The number of urea groups is 1. The summed E-state index contributed by atoms with van der Waals surface area (Å²) in [6.07, 6.45) is 3.02. The van der Waals surface area contributed by atoms with Crippen LogP contribution in [-0.2, 0) is 4.79 Å². The lowest BCUT2D eigenvalue weighted by Gasteiger charge is -2.29. The van der Waals surface area contributed by atoms with Crippen molar-refractivity contribution >= 4 is 29.7 Å². The van der Waals surface area contributed by atoms with E-state index in [9.17, 15) is 14.7 Å². The maximum atomic E-state index is 12.3. The van der Waals surface area contributed by atoms with Gasteiger partial charge in [0.1, 0.15) is 6.04 Å². The van der Waals surface area contributed by atoms with Gasteiger partial charge in [-0.15, -0.1) is 11.8 Å². The number of anilines is 1. The molecule has 108 valence electrons. The van der Waals surface area contributed by atoms with Gasteiger partial charge in [-0.2, -0.15) is 0 Å². The molecule has 1 fully saturated rings. The zero-order valence-electron chi connectivity index (χ0n) is 11.2. The van der Waals surface area contributed by atoms with Crippen molar-refractivity contribution in [3.05, 3.63) is 18.5 Å². The first-order valence-corrected chi connectivity index (χ1v) is 7.26. The van der Waals surface area contributed by atoms with Gasteiger partial charge in [0.2, 0.25) is 5.95 Å². The molecule has 0 aliphatic carbocycles. The fourth-order valence-electron chi connectivity index (χ4n) is 2.01. The summed E-state index contributed by atoms with van der Waals surface area (Å²) >= 11 is 1.48. The number of rotatable bonds is 3. The second-order valence-electron chi connectivity index (χ2n) is 4.73. The van der Waals surface area contributed by atoms with Crippen molar-refractivity contribution < 1.29 is 14.7 Å². The number of amides is 2. The highest BCUT2D eigenvalue weighted by Crippen LogP contribution is 2.34. The molecule has 1 aromatic heterocycles. The third-order valence-corrected chi connectivity index (χ3v) is 4.53. The van der Waals surface area contributed by atoms with Crippen molar-refractivity contribution in [3.63, 3.8) is 0 Å². The maximum absolute atomic E-state index is 12.3. The van der Waals surface area contributed by atoms with Gasteiger partial charge in [-0.05, 0) is 12.0 Å². The SMILES string of the molecule is CC(C)C1SCC(C(=O)O)N1C(=O)Nc1ncccn1. The van der Waals surface area contributed by atoms with E-state index in [4.69, 9.17) is 0 Å². The smallest absolute Gasteiger partial charge is 0.327 e. The van der Waals surface area contributed by atoms with Crippen molar-refractivity contribution in [1.82, 2.24) is 14.9 Å². The number of nitrogens with one attached hydrogen (secondary N) is 1. The zero-order chi connectivity index (χ0) is 14.7. The third-order valence-electron chi connectivity index (χ3n) is 2.91. The highest BCUT2D eigenvalue weighted by atomic mass is 32.2. The second-order valence-corrected chi connectivity index (χ2v) is 5.88. The van der Waals surface area contributed by atoms with Crippen molar-refractivity contribution in [2.24, 2.45) is 5.92 Å². The molecule has 0 bridgehead atoms. The molecule has 2 atom stereocenters. The molecule has 2 heterocycles. The molecule has 7 nitrogen and oxygen atoms in total. The van der Waals surface area contributed by atoms with Crippen LogP contribution in [0.1, 0.15) is 13.8 Å². The van der Waals surface area contributed by atoms with Crippen LogP contribution in [0.5, 0.6) is 0 Å². The number of carbonyl (C=O) groups excluding carboxylic acids is 1. The van der Waals surface area contributed by atoms with Crippen LogP contribution in [0.25, 0.3) is 0 Å². The number of aliphatic carboxylic acids is 1. The summed E-state index contributed by atoms with van der Waals surface area (Å²) in [6.45, 7) is 3.92. The highest BCUT2D eigenvalue weighted by Gasteiger charge is 2.43. The summed E-state index contributed by atoms with van der Waals surface area (Å²) in [7, 11) is 0. The van der Waals surface area contributed by atoms with Crippen LogP contribution in [0.3, 0.4) is 0 Å². The molecule has 0 radical (unpaired) electrons. The van der Waals surface area contributed by atoms with Crippen LogP contribution in [0.4, 0.5) is 10.7 Å². The van der Waals surface area contributed by atoms with Gasteiger partial charge in [0, 0.05) is 18.1 Å². The quantitative estimate of drug-likeness (QED) is 0.877. The first-order chi connectivity index (χ1) is 9.50. The van der Waals surface area contributed by atoms with Crippen molar-refractivity contribution in [3.8, 4) is 0 Å². The molecule has 1 aromatic rings. The first kappa shape index (κ1) is 14.6. The van der Waals surface area contributed by atoms with Gasteiger partial charge in [-0.25, -0.2) is 19.6 Å². The molecule has 2 unspecified atom stereocenters. The molecule has 8 heteroatoms. The van der Waals surface area contributed by atoms with Crippen LogP contribution in [-0.4, -0.2) is 49.1 Å². The number of hydrogen-bond donors (Lipinski definition) is 2. The van der Waals surface area contributed by atoms with Gasteiger partial charge < -0.3 is 5.11 Å². The van der Waals surface area contributed by atoms with Gasteiger partial charge in [-0.1, -0.05) is 13.8 Å². The summed E-state index contributed by atoms with van der Waals surface area (Å²) in [4.78, 5) is 32.8. The van der Waals surface area contributed by atoms with E-state index in [1.54, 1.807) is 6.07 Å². The van der Waals surface area contributed by atoms with E-state index in [1.165, 1.54) is 29.1 Å². The zero-order valence-corrected chi connectivity index (χ0v) is 12.0. The number of carboxylic acid groups (broad SMARTS) is 1. The summed E-state index contributed by atoms with van der Waals surface area (Å²) in [5, 5.41) is 11.6. The standard InChI is InChI=1S/C12H16N4O3S/c1-7(2)9-16(8(6-20-9)10(17)18)12(19)15-11-13-4-3-5-14-11/h3-5,7-9H,6H2,1-2H3,(H,17,18)(H,13,14,15,19). The molecular weight excluding hydrogens is 280 g/mol. The van der Waals surface area contributed by atoms with E-state index in [2.05, 4.69) is 15.3 Å². The van der Waals surface area contributed by atoms with Gasteiger partial charge in [0.15, 0.2) is 0 Å². The van der Waals surface area contributed by atoms with Gasteiger partial charge >= 0.3 is 12.0 Å². The van der Waals surface area contributed by atoms with E-state index < -0.39 is 18.0 Å². The Kier molecular flexibility index (Phi) is 4.43. The Hall–Kier alpha value is -1.83. The molecule has 2 amide bonds. The Labute approximate surface area is 120 Å². The largest absolute Gasteiger partial charge is 0.480 e. The summed E-state index contributed by atoms with van der Waals surface area (Å²) in [5.41, 5.74) is 0. The van der Waals surface area contributed by atoms with E-state index in [-0.39, 0.29) is 17.2 Å². The summed E-state index contributed by atoms with van der Waals surface area (Å²) in [6, 6.07) is 0.335. The fourth-order valence-corrected chi connectivity index (χ4v) is 3.48. The van der Waals surface area contributed by atoms with Crippen LogP contribution >= 0.6 is 11.8 Å². The second kappa shape index (κ2) is 6.08. The lowest BCUT2D eigenvalue weighted by atomic mass is 10.2. The lowest BCUT2D eigenvalue weighted by Crippen LogP contribution is -2.49. The number of carbonyl (C=O) groups is 2. The predicted octanol–water partition coefficient (Wildman–Crippen LogP) is 1.49. The number of carboxylic acids is 1. The molecule has 0 saturated carbocycles. The number of nitrogens with zero attached hydrogens (tertiary/aromatic N) is 3. The van der Waals surface area contributed by atoms with Crippen LogP contribution in [0.2, 0.25) is 0 Å². The van der Waals surface area contributed by atoms with E-state index >= 15 is 0 Å². The Morgan fingerprint density at radius 1 is 1.45 bits per heavy atom. The number of hydrogen-bond acceptors (Lipinski definition) is 5. The van der Waals surface area contributed by atoms with E-state index in [0.29, 0.717) is 5.75 Å². The van der Waals surface area contributed by atoms with Crippen LogP contribution < -0.4 is 5.32 Å². The predicted molar refractivity (Wildman–Crippen MR) is 75.4 cm³/mol. The van der Waals surface area contributed by atoms with Crippen molar-refractivity contribution in [1.29, 1.82) is 0 Å². The molecule has 20 heavy (non-hydrogen) atoms. The van der Waals surface area contributed by atoms with Crippen molar-refractivity contribution in [2.45, 2.75) is 25.3 Å². The van der Waals surface area contributed by atoms with Crippen LogP contribution in [0.15, 0.2) is 18.5 Å². The summed E-state index contributed by atoms with van der Waals surface area (Å²) in [5.74, 6) is -0.279. The third kappa shape index (κ3) is 3.01. The maximum Gasteiger partial charge on any atom is 0.327 e. The average Bonchev–Trinajstić information content (AvgIpc) is 2.84. The topological polar surface area (TPSA) is 95.4 Å². The number of aromatic nitrogens is 2. The molecule has 2 N–H and O–H groups in total. The lowest BCUT2D eigenvalue weighted by molar-refractivity contribution is -0.141. The van der Waals surface area contributed by atoms with Crippen molar-refractivity contribution in [2.75, 3.05) is 11.1 Å². The minimum Gasteiger partial charge on any atom is -0.480 e. The molecular formula is C12H16N4O3S. The van der Waals surface area contributed by atoms with Gasteiger partial charge in [0.05, 0.1) is 5.37 Å². The first-order valence-electron chi connectivity index (χ1n) is 6.21. The fraction of sp³-hybridized carbons (Fsp3) is 0.500. The average molecular weight is 296 g/mol. The Morgan fingerprint density at radius 3 is 2.65 bits per heavy atom. The minimum atomic E-state index is -0.996. The molecule has 1 aliphatic rings. The molecule has 1 aliphatic heterocycles. The van der Waals surface area contributed by atoms with Gasteiger partial charge in [0.25, 0.3) is 0 Å². The Bertz CT molecular complexity index is 497. The van der Waals surface area contributed by atoms with E-state index in [1.807, 2.05) is 13.8 Å². The minimum absolute atomic E-state index is 0.159. The molecule has 0 spiro atoms. The Morgan fingerprint density at radius 2 is 2.10 bits per heavy atom. The highest BCUT2D eigenvalue weighted by molar-refractivity contribution is 8.00.